The first kappa shape index (κ1) is 33.2. The number of halogens is 2. The van der Waals surface area contributed by atoms with Crippen molar-refractivity contribution in [3.63, 3.8) is 0 Å². The van der Waals surface area contributed by atoms with Gasteiger partial charge in [-0.2, -0.15) is 20.1 Å². The number of benzene rings is 3. The Hall–Kier alpha value is -4.36. The molecule has 2 saturated heterocycles. The summed E-state index contributed by atoms with van der Waals surface area (Å²) < 4.78 is 22.0. The first-order chi connectivity index (χ1) is 23.8. The molecule has 2 aliphatic heterocycles. The molecule has 256 valence electrons. The summed E-state index contributed by atoms with van der Waals surface area (Å²) in [6, 6.07) is 21.6. The second-order valence-corrected chi connectivity index (χ2v) is 13.1. The van der Waals surface area contributed by atoms with E-state index in [1.165, 1.54) is 9.48 Å². The van der Waals surface area contributed by atoms with Crippen LogP contribution in [0.25, 0.3) is 5.69 Å². The van der Waals surface area contributed by atoms with Gasteiger partial charge in [0.05, 0.1) is 35.8 Å². The molecule has 7 rings (SSSR count). The number of ether oxygens (including phenoxy) is 3. The van der Waals surface area contributed by atoms with E-state index in [1.807, 2.05) is 38.1 Å². The van der Waals surface area contributed by atoms with Crippen LogP contribution in [0.1, 0.15) is 31.9 Å². The molecule has 14 heteroatoms. The smallest absolute Gasteiger partial charge is 0.350 e. The van der Waals surface area contributed by atoms with Gasteiger partial charge in [0.1, 0.15) is 31.3 Å². The third-order valence-electron chi connectivity index (χ3n) is 9.13. The minimum Gasteiger partial charge on any atom is -0.491 e. The molecule has 0 amide bonds. The van der Waals surface area contributed by atoms with Crippen molar-refractivity contribution in [2.24, 2.45) is 0 Å². The molecular formula is C35H38Cl2N8O4. The van der Waals surface area contributed by atoms with E-state index in [4.69, 9.17) is 37.4 Å². The second-order valence-electron chi connectivity index (χ2n) is 12.3. The topological polar surface area (TPSA) is 105 Å². The number of anilines is 2. The van der Waals surface area contributed by atoms with Crippen molar-refractivity contribution in [2.75, 3.05) is 49.2 Å². The quantitative estimate of drug-likeness (QED) is 0.174. The molecule has 2 aromatic heterocycles. The van der Waals surface area contributed by atoms with Gasteiger partial charge < -0.3 is 24.0 Å². The monoisotopic (exact) mass is 704 g/mol. The van der Waals surface area contributed by atoms with Crippen molar-refractivity contribution in [3.05, 3.63) is 112 Å². The van der Waals surface area contributed by atoms with Crippen molar-refractivity contribution in [3.8, 4) is 11.4 Å². The summed E-state index contributed by atoms with van der Waals surface area (Å²) in [6.07, 6.45) is 5.31. The van der Waals surface area contributed by atoms with Crippen LogP contribution in [0, 0.1) is 0 Å². The second kappa shape index (κ2) is 14.2. The van der Waals surface area contributed by atoms with Gasteiger partial charge in [0.15, 0.2) is 0 Å². The van der Waals surface area contributed by atoms with Crippen LogP contribution in [0.4, 0.5) is 11.4 Å². The SMILES string of the molecule is CCC(C)n1ncn(-c2ccc(N3CCN(c4ccc(OCC5COC(Cn6nccn6)(c6ccc(Cl)cc6Cl)O5)cc4)CC3)cc2)c1=O. The van der Waals surface area contributed by atoms with Crippen LogP contribution < -0.4 is 20.2 Å². The number of nitrogens with zero attached hydrogens (tertiary/aromatic N) is 8. The lowest BCUT2D eigenvalue weighted by Crippen LogP contribution is -2.46. The van der Waals surface area contributed by atoms with Crippen LogP contribution in [0.3, 0.4) is 0 Å². The van der Waals surface area contributed by atoms with Gasteiger partial charge in [-0.1, -0.05) is 36.2 Å². The zero-order chi connectivity index (χ0) is 34.0. The lowest BCUT2D eigenvalue weighted by Gasteiger charge is -2.37. The Morgan fingerprint density at radius 2 is 1.53 bits per heavy atom. The fourth-order valence-electron chi connectivity index (χ4n) is 6.22. The number of aromatic nitrogens is 6. The Balaban J connectivity index is 0.925. The minimum absolute atomic E-state index is 0.0643. The minimum atomic E-state index is -1.18. The highest BCUT2D eigenvalue weighted by molar-refractivity contribution is 6.35. The average molecular weight is 706 g/mol. The van der Waals surface area contributed by atoms with E-state index < -0.39 is 5.79 Å². The van der Waals surface area contributed by atoms with Crippen molar-refractivity contribution in [1.29, 1.82) is 0 Å². The van der Waals surface area contributed by atoms with Crippen LogP contribution in [-0.4, -0.2) is 74.8 Å². The van der Waals surface area contributed by atoms with E-state index in [-0.39, 0.29) is 24.4 Å². The standard InChI is InChI=1S/C35H38Cl2N8O4/c1-3-25(2)45-34(46)43(24-40-45)29-7-5-27(6-8-29)41-16-18-42(19-17-41)28-9-11-30(12-10-28)47-21-31-22-48-35(49-31,23-44-38-14-15-39-44)32-13-4-26(36)20-33(32)37/h4-15,20,24-25,31H,3,16-19,21-23H2,1-2H3. The van der Waals surface area contributed by atoms with Crippen molar-refractivity contribution >= 4 is 34.6 Å². The van der Waals surface area contributed by atoms with Crippen molar-refractivity contribution in [1.82, 2.24) is 29.3 Å². The van der Waals surface area contributed by atoms with E-state index in [1.54, 1.807) is 41.5 Å². The van der Waals surface area contributed by atoms with Gasteiger partial charge in [0.25, 0.3) is 0 Å². The van der Waals surface area contributed by atoms with Crippen LogP contribution in [0.15, 0.2) is 90.2 Å². The van der Waals surface area contributed by atoms with Crippen molar-refractivity contribution < 1.29 is 14.2 Å². The summed E-state index contributed by atoms with van der Waals surface area (Å²) in [5.74, 6) is -0.435. The predicted molar refractivity (Wildman–Crippen MR) is 188 cm³/mol. The van der Waals surface area contributed by atoms with E-state index in [2.05, 4.69) is 49.4 Å². The lowest BCUT2D eigenvalue weighted by molar-refractivity contribution is -0.192. The van der Waals surface area contributed by atoms with Gasteiger partial charge in [-0.15, -0.1) is 0 Å². The fourth-order valence-corrected chi connectivity index (χ4v) is 6.78. The summed E-state index contributed by atoms with van der Waals surface area (Å²) >= 11 is 12.7. The summed E-state index contributed by atoms with van der Waals surface area (Å²) in [7, 11) is 0. The lowest BCUT2D eigenvalue weighted by atomic mass is 10.1. The molecule has 12 nitrogen and oxygen atoms in total. The van der Waals surface area contributed by atoms with Crippen LogP contribution >= 0.6 is 23.2 Å². The molecule has 0 radical (unpaired) electrons. The molecule has 0 aliphatic carbocycles. The molecule has 3 aromatic carbocycles. The highest BCUT2D eigenvalue weighted by Crippen LogP contribution is 2.40. The maximum absolute atomic E-state index is 12.8. The molecule has 0 saturated carbocycles. The van der Waals surface area contributed by atoms with Crippen LogP contribution in [0.2, 0.25) is 10.0 Å². The summed E-state index contributed by atoms with van der Waals surface area (Å²) in [6.45, 7) is 8.42. The van der Waals surface area contributed by atoms with E-state index in [0.29, 0.717) is 28.8 Å². The largest absolute Gasteiger partial charge is 0.491 e. The molecule has 3 unspecified atom stereocenters. The van der Waals surface area contributed by atoms with E-state index in [9.17, 15) is 4.79 Å². The summed E-state index contributed by atoms with van der Waals surface area (Å²) in [4.78, 5) is 19.1. The Labute approximate surface area is 294 Å². The highest BCUT2D eigenvalue weighted by atomic mass is 35.5. The molecule has 0 bridgehead atoms. The van der Waals surface area contributed by atoms with Crippen LogP contribution in [0.5, 0.6) is 5.75 Å². The summed E-state index contributed by atoms with van der Waals surface area (Å²) in [5.41, 5.74) is 3.63. The Morgan fingerprint density at radius 3 is 2.16 bits per heavy atom. The van der Waals surface area contributed by atoms with E-state index in [0.717, 1.165) is 55.4 Å². The van der Waals surface area contributed by atoms with Crippen LogP contribution in [-0.2, 0) is 21.8 Å². The molecule has 0 spiro atoms. The first-order valence-electron chi connectivity index (χ1n) is 16.4. The molecule has 2 aliphatic rings. The summed E-state index contributed by atoms with van der Waals surface area (Å²) in [5, 5.41) is 13.7. The van der Waals surface area contributed by atoms with E-state index >= 15 is 0 Å². The Bertz CT molecular complexity index is 1910. The zero-order valence-corrected chi connectivity index (χ0v) is 28.9. The van der Waals surface area contributed by atoms with Crippen molar-refractivity contribution in [2.45, 2.75) is 44.7 Å². The van der Waals surface area contributed by atoms with Gasteiger partial charge in [0.2, 0.25) is 5.79 Å². The maximum Gasteiger partial charge on any atom is 0.350 e. The van der Waals surface area contributed by atoms with Gasteiger partial charge in [-0.3, -0.25) is 0 Å². The van der Waals surface area contributed by atoms with Gasteiger partial charge in [-0.05, 0) is 74.0 Å². The van der Waals surface area contributed by atoms with Gasteiger partial charge in [-0.25, -0.2) is 14.0 Å². The molecular weight excluding hydrogens is 667 g/mol. The van der Waals surface area contributed by atoms with Gasteiger partial charge >= 0.3 is 5.69 Å². The highest BCUT2D eigenvalue weighted by Gasteiger charge is 2.46. The molecule has 4 heterocycles. The Morgan fingerprint density at radius 1 is 0.898 bits per heavy atom. The van der Waals surface area contributed by atoms with Gasteiger partial charge in [0, 0.05) is 48.1 Å². The molecule has 3 atom stereocenters. The Kier molecular flexibility index (Phi) is 9.64. The number of hydrogen-bond acceptors (Lipinski definition) is 9. The maximum atomic E-state index is 12.8. The third kappa shape index (κ3) is 7.04. The molecule has 49 heavy (non-hydrogen) atoms. The average Bonchev–Trinajstić information content (AvgIpc) is 3.88. The number of hydrogen-bond donors (Lipinski definition) is 0. The molecule has 0 N–H and O–H groups in total. The number of rotatable bonds is 11. The number of piperazine rings is 1. The predicted octanol–water partition coefficient (Wildman–Crippen LogP) is 5.58. The molecule has 5 aromatic rings. The fraction of sp³-hybridized carbons (Fsp3) is 0.371. The zero-order valence-electron chi connectivity index (χ0n) is 27.4. The first-order valence-corrected chi connectivity index (χ1v) is 17.2. The molecule has 2 fully saturated rings. The normalized spacial score (nSPS) is 20.1. The third-order valence-corrected chi connectivity index (χ3v) is 9.68.